The predicted molar refractivity (Wildman–Crippen MR) is 70.8 cm³/mol. The van der Waals surface area contributed by atoms with Crippen LogP contribution in [-0.4, -0.2) is 0 Å². The SMILES string of the molecule is N#Cc1c(Cl)cccc1Nc1c(F)cc(F)cc1Cl. The zero-order valence-corrected chi connectivity index (χ0v) is 10.9. The van der Waals surface area contributed by atoms with E-state index >= 15 is 0 Å². The van der Waals surface area contributed by atoms with Gasteiger partial charge in [-0.3, -0.25) is 0 Å². The van der Waals surface area contributed by atoms with Gasteiger partial charge in [0.05, 0.1) is 27.0 Å². The summed E-state index contributed by atoms with van der Waals surface area (Å²) in [5, 5.41) is 11.8. The van der Waals surface area contributed by atoms with E-state index in [0.29, 0.717) is 11.8 Å². The Hall–Kier alpha value is -1.83. The monoisotopic (exact) mass is 298 g/mol. The fourth-order valence-corrected chi connectivity index (χ4v) is 2.00. The van der Waals surface area contributed by atoms with Gasteiger partial charge in [0.25, 0.3) is 0 Å². The molecule has 96 valence electrons. The van der Waals surface area contributed by atoms with Crippen molar-refractivity contribution in [2.45, 2.75) is 0 Å². The Labute approximate surface area is 118 Å². The first-order valence-electron chi connectivity index (χ1n) is 5.13. The molecular formula is C13H6Cl2F2N2. The Kier molecular flexibility index (Phi) is 3.89. The number of nitriles is 1. The minimum atomic E-state index is -0.853. The topological polar surface area (TPSA) is 35.8 Å². The Balaban J connectivity index is 2.49. The summed E-state index contributed by atoms with van der Waals surface area (Å²) in [6.07, 6.45) is 0. The quantitative estimate of drug-likeness (QED) is 0.857. The molecule has 0 heterocycles. The van der Waals surface area contributed by atoms with Gasteiger partial charge in [-0.05, 0) is 18.2 Å². The van der Waals surface area contributed by atoms with Gasteiger partial charge in [0.2, 0.25) is 0 Å². The Morgan fingerprint density at radius 3 is 2.47 bits per heavy atom. The highest BCUT2D eigenvalue weighted by atomic mass is 35.5. The second-order valence-corrected chi connectivity index (χ2v) is 4.46. The van der Waals surface area contributed by atoms with Crippen molar-refractivity contribution < 1.29 is 8.78 Å². The third-order valence-electron chi connectivity index (χ3n) is 2.39. The fraction of sp³-hybridized carbons (Fsp3) is 0. The summed E-state index contributed by atoms with van der Waals surface area (Å²) in [6.45, 7) is 0. The molecule has 0 aliphatic heterocycles. The van der Waals surface area contributed by atoms with Gasteiger partial charge in [0.15, 0.2) is 5.82 Å². The number of nitrogens with zero attached hydrogens (tertiary/aromatic N) is 1. The smallest absolute Gasteiger partial charge is 0.151 e. The maximum Gasteiger partial charge on any atom is 0.151 e. The molecule has 0 saturated carbocycles. The van der Waals surface area contributed by atoms with Crippen LogP contribution >= 0.6 is 23.2 Å². The molecule has 1 N–H and O–H groups in total. The van der Waals surface area contributed by atoms with Gasteiger partial charge >= 0.3 is 0 Å². The summed E-state index contributed by atoms with van der Waals surface area (Å²) in [6, 6.07) is 8.25. The first-order chi connectivity index (χ1) is 9.02. The standard InChI is InChI=1S/C13H6Cl2F2N2/c14-9-2-1-3-12(8(9)6-18)19-13-10(15)4-7(16)5-11(13)17/h1-5,19H. The van der Waals surface area contributed by atoms with Crippen molar-refractivity contribution in [3.63, 3.8) is 0 Å². The zero-order chi connectivity index (χ0) is 14.0. The van der Waals surface area contributed by atoms with Gasteiger partial charge in [-0.15, -0.1) is 0 Å². The number of nitrogens with one attached hydrogen (secondary N) is 1. The molecule has 0 aromatic heterocycles. The minimum absolute atomic E-state index is 0.109. The lowest BCUT2D eigenvalue weighted by atomic mass is 10.2. The van der Waals surface area contributed by atoms with Gasteiger partial charge in [-0.1, -0.05) is 29.3 Å². The summed E-state index contributed by atoms with van der Waals surface area (Å²) in [4.78, 5) is 0. The van der Waals surface area contributed by atoms with E-state index in [-0.39, 0.29) is 21.3 Å². The molecule has 0 spiro atoms. The van der Waals surface area contributed by atoms with Gasteiger partial charge in [0.1, 0.15) is 11.9 Å². The van der Waals surface area contributed by atoms with Crippen LogP contribution in [0.2, 0.25) is 10.0 Å². The van der Waals surface area contributed by atoms with E-state index in [4.69, 9.17) is 28.5 Å². The third-order valence-corrected chi connectivity index (χ3v) is 3.01. The maximum atomic E-state index is 13.6. The van der Waals surface area contributed by atoms with E-state index in [9.17, 15) is 8.78 Å². The van der Waals surface area contributed by atoms with Crippen LogP contribution in [0.25, 0.3) is 0 Å². The van der Waals surface area contributed by atoms with E-state index in [1.165, 1.54) is 6.07 Å². The number of hydrogen-bond acceptors (Lipinski definition) is 2. The lowest BCUT2D eigenvalue weighted by Crippen LogP contribution is -1.98. The lowest BCUT2D eigenvalue weighted by molar-refractivity contribution is 0.586. The minimum Gasteiger partial charge on any atom is -0.351 e. The van der Waals surface area contributed by atoms with Crippen molar-refractivity contribution in [2.24, 2.45) is 0 Å². The summed E-state index contributed by atoms with van der Waals surface area (Å²) >= 11 is 11.6. The lowest BCUT2D eigenvalue weighted by Gasteiger charge is -2.11. The Bertz CT molecular complexity index is 658. The number of benzene rings is 2. The number of rotatable bonds is 2. The zero-order valence-electron chi connectivity index (χ0n) is 9.35. The first kappa shape index (κ1) is 13.6. The summed E-state index contributed by atoms with van der Waals surface area (Å²) in [7, 11) is 0. The third kappa shape index (κ3) is 2.78. The maximum absolute atomic E-state index is 13.6. The van der Waals surface area contributed by atoms with Gasteiger partial charge in [-0.2, -0.15) is 5.26 Å². The molecule has 0 aliphatic rings. The van der Waals surface area contributed by atoms with Crippen molar-refractivity contribution in [2.75, 3.05) is 5.32 Å². The molecule has 0 aliphatic carbocycles. The van der Waals surface area contributed by atoms with Crippen LogP contribution in [0.1, 0.15) is 5.56 Å². The van der Waals surface area contributed by atoms with Crippen molar-refractivity contribution >= 4 is 34.6 Å². The first-order valence-corrected chi connectivity index (χ1v) is 5.88. The number of halogens is 4. The Morgan fingerprint density at radius 2 is 1.84 bits per heavy atom. The highest BCUT2D eigenvalue weighted by Crippen LogP contribution is 2.32. The molecule has 2 rings (SSSR count). The van der Waals surface area contributed by atoms with Crippen LogP contribution in [0.15, 0.2) is 30.3 Å². The summed E-state index contributed by atoms with van der Waals surface area (Å²) < 4.78 is 26.6. The number of hydrogen-bond donors (Lipinski definition) is 1. The molecule has 0 amide bonds. The molecule has 0 fully saturated rings. The average Bonchev–Trinajstić information content (AvgIpc) is 2.34. The fourth-order valence-electron chi connectivity index (χ4n) is 1.54. The molecule has 0 saturated heterocycles. The number of anilines is 2. The second-order valence-electron chi connectivity index (χ2n) is 3.64. The molecule has 2 aromatic rings. The molecule has 2 aromatic carbocycles. The molecular weight excluding hydrogens is 293 g/mol. The highest BCUT2D eigenvalue weighted by molar-refractivity contribution is 6.33. The van der Waals surface area contributed by atoms with E-state index in [1.54, 1.807) is 12.1 Å². The van der Waals surface area contributed by atoms with Crippen molar-refractivity contribution in [3.8, 4) is 6.07 Å². The molecule has 19 heavy (non-hydrogen) atoms. The van der Waals surface area contributed by atoms with Crippen LogP contribution in [0.4, 0.5) is 20.2 Å². The van der Waals surface area contributed by atoms with Gasteiger partial charge < -0.3 is 5.32 Å². The highest BCUT2D eigenvalue weighted by Gasteiger charge is 2.13. The summed E-state index contributed by atoms with van der Waals surface area (Å²) in [5.41, 5.74) is 0.341. The Morgan fingerprint density at radius 1 is 1.11 bits per heavy atom. The van der Waals surface area contributed by atoms with E-state index < -0.39 is 11.6 Å². The van der Waals surface area contributed by atoms with Crippen molar-refractivity contribution in [1.29, 1.82) is 5.26 Å². The molecule has 0 bridgehead atoms. The largest absolute Gasteiger partial charge is 0.351 e. The molecule has 2 nitrogen and oxygen atoms in total. The summed E-state index contributed by atoms with van der Waals surface area (Å²) in [5.74, 6) is -1.63. The molecule has 0 radical (unpaired) electrons. The van der Waals surface area contributed by atoms with Crippen LogP contribution in [0, 0.1) is 23.0 Å². The predicted octanol–water partition coefficient (Wildman–Crippen LogP) is 4.89. The average molecular weight is 299 g/mol. The molecule has 0 unspecified atom stereocenters. The van der Waals surface area contributed by atoms with Crippen LogP contribution in [0.3, 0.4) is 0 Å². The van der Waals surface area contributed by atoms with Gasteiger partial charge in [-0.25, -0.2) is 8.78 Å². The van der Waals surface area contributed by atoms with E-state index in [1.807, 2.05) is 6.07 Å². The van der Waals surface area contributed by atoms with E-state index in [0.717, 1.165) is 6.07 Å². The van der Waals surface area contributed by atoms with Crippen molar-refractivity contribution in [3.05, 3.63) is 57.6 Å². The van der Waals surface area contributed by atoms with Crippen LogP contribution in [-0.2, 0) is 0 Å². The molecule has 0 atom stereocenters. The van der Waals surface area contributed by atoms with E-state index in [2.05, 4.69) is 5.32 Å². The van der Waals surface area contributed by atoms with Gasteiger partial charge in [0, 0.05) is 6.07 Å². The van der Waals surface area contributed by atoms with Crippen LogP contribution in [0.5, 0.6) is 0 Å². The second kappa shape index (κ2) is 5.43. The molecule has 6 heteroatoms. The van der Waals surface area contributed by atoms with Crippen LogP contribution < -0.4 is 5.32 Å². The van der Waals surface area contributed by atoms with Crippen molar-refractivity contribution in [1.82, 2.24) is 0 Å². The normalized spacial score (nSPS) is 10.1.